The van der Waals surface area contributed by atoms with Crippen LogP contribution >= 0.6 is 0 Å². The highest BCUT2D eigenvalue weighted by Crippen LogP contribution is 2.40. The minimum Gasteiger partial charge on any atom is -0.396 e. The van der Waals surface area contributed by atoms with Gasteiger partial charge in [-0.3, -0.25) is 0 Å². The summed E-state index contributed by atoms with van der Waals surface area (Å²) in [4.78, 5) is 0. The standard InChI is InChI=1S/C14H18O3/c15-8-10-6-12-9-16-14(17-13(12)7-10)11-4-2-1-3-5-11/h1-5,10,12-15H,6-9H2/t10-,12-,13+,14+/m1/s1. The molecule has 0 spiro atoms. The second-order valence-corrected chi connectivity index (χ2v) is 5.03. The quantitative estimate of drug-likeness (QED) is 0.852. The summed E-state index contributed by atoms with van der Waals surface area (Å²) in [5.41, 5.74) is 1.08. The average molecular weight is 234 g/mol. The minimum absolute atomic E-state index is 0.227. The molecule has 0 amide bonds. The average Bonchev–Trinajstić information content (AvgIpc) is 2.81. The molecule has 1 heterocycles. The van der Waals surface area contributed by atoms with E-state index in [0.717, 1.165) is 25.0 Å². The van der Waals surface area contributed by atoms with Crippen molar-refractivity contribution in [2.75, 3.05) is 13.2 Å². The van der Waals surface area contributed by atoms with Crippen molar-refractivity contribution in [1.29, 1.82) is 0 Å². The van der Waals surface area contributed by atoms with Gasteiger partial charge in [0.05, 0.1) is 12.7 Å². The van der Waals surface area contributed by atoms with Crippen LogP contribution in [0.1, 0.15) is 24.7 Å². The lowest BCUT2D eigenvalue weighted by Crippen LogP contribution is -2.32. The van der Waals surface area contributed by atoms with Crippen LogP contribution in [0.25, 0.3) is 0 Å². The molecule has 1 aliphatic carbocycles. The van der Waals surface area contributed by atoms with Crippen molar-refractivity contribution >= 4 is 0 Å². The predicted octanol–water partition coefficient (Wildman–Crippen LogP) is 2.12. The Balaban J connectivity index is 1.68. The van der Waals surface area contributed by atoms with Gasteiger partial charge in [-0.15, -0.1) is 0 Å². The maximum atomic E-state index is 9.20. The summed E-state index contributed by atoms with van der Waals surface area (Å²) in [6.07, 6.45) is 2.03. The van der Waals surface area contributed by atoms with E-state index >= 15 is 0 Å². The minimum atomic E-state index is -0.227. The SMILES string of the molecule is OC[C@@H]1C[C@@H]2CO[C@H](c3ccccc3)O[C@H]2C1. The topological polar surface area (TPSA) is 38.7 Å². The Morgan fingerprint density at radius 2 is 2.00 bits per heavy atom. The number of aliphatic hydroxyl groups is 1. The molecule has 3 nitrogen and oxygen atoms in total. The number of hydrogen-bond acceptors (Lipinski definition) is 3. The molecule has 1 saturated carbocycles. The third-order valence-corrected chi connectivity index (χ3v) is 3.82. The molecule has 17 heavy (non-hydrogen) atoms. The zero-order valence-corrected chi connectivity index (χ0v) is 9.79. The number of benzene rings is 1. The Morgan fingerprint density at radius 1 is 1.18 bits per heavy atom. The molecule has 0 bridgehead atoms. The number of fused-ring (bicyclic) bond motifs is 1. The van der Waals surface area contributed by atoms with Crippen LogP contribution < -0.4 is 0 Å². The van der Waals surface area contributed by atoms with Gasteiger partial charge < -0.3 is 14.6 Å². The van der Waals surface area contributed by atoms with Crippen LogP contribution in [0.5, 0.6) is 0 Å². The van der Waals surface area contributed by atoms with Gasteiger partial charge in [0, 0.05) is 18.1 Å². The number of hydrogen-bond donors (Lipinski definition) is 1. The predicted molar refractivity (Wildman–Crippen MR) is 63.3 cm³/mol. The van der Waals surface area contributed by atoms with Crippen molar-refractivity contribution in [2.45, 2.75) is 25.2 Å². The van der Waals surface area contributed by atoms with Gasteiger partial charge in [-0.05, 0) is 18.8 Å². The van der Waals surface area contributed by atoms with E-state index in [2.05, 4.69) is 0 Å². The molecule has 2 aliphatic rings. The van der Waals surface area contributed by atoms with Crippen LogP contribution in [0.3, 0.4) is 0 Å². The Hall–Kier alpha value is -0.900. The molecule has 2 fully saturated rings. The first-order valence-electron chi connectivity index (χ1n) is 6.29. The summed E-state index contributed by atoms with van der Waals surface area (Å²) in [7, 11) is 0. The first kappa shape index (κ1) is 11.2. The van der Waals surface area contributed by atoms with Gasteiger partial charge in [0.15, 0.2) is 6.29 Å². The summed E-state index contributed by atoms with van der Waals surface area (Å²) in [5, 5.41) is 9.20. The van der Waals surface area contributed by atoms with Crippen LogP contribution in [0.2, 0.25) is 0 Å². The summed E-state index contributed by atoms with van der Waals surface area (Å²) in [6, 6.07) is 10.1. The van der Waals surface area contributed by atoms with Gasteiger partial charge in [-0.2, -0.15) is 0 Å². The molecule has 0 radical (unpaired) electrons. The molecule has 1 saturated heterocycles. The maximum absolute atomic E-state index is 9.20. The van der Waals surface area contributed by atoms with E-state index < -0.39 is 0 Å². The Morgan fingerprint density at radius 3 is 2.76 bits per heavy atom. The van der Waals surface area contributed by atoms with E-state index in [1.54, 1.807) is 0 Å². The Bertz CT molecular complexity index is 365. The molecule has 92 valence electrons. The Kier molecular flexibility index (Phi) is 3.14. The van der Waals surface area contributed by atoms with Gasteiger partial charge >= 0.3 is 0 Å². The molecule has 0 aromatic heterocycles. The van der Waals surface area contributed by atoms with E-state index in [1.165, 1.54) is 0 Å². The first-order chi connectivity index (χ1) is 8.36. The first-order valence-corrected chi connectivity index (χ1v) is 6.29. The highest BCUT2D eigenvalue weighted by molar-refractivity contribution is 5.16. The van der Waals surface area contributed by atoms with Gasteiger partial charge in [-0.1, -0.05) is 30.3 Å². The summed E-state index contributed by atoms with van der Waals surface area (Å²) >= 11 is 0. The van der Waals surface area contributed by atoms with Crippen LogP contribution in [0, 0.1) is 11.8 Å². The summed E-state index contributed by atoms with van der Waals surface area (Å²) in [5.74, 6) is 0.857. The normalized spacial score (nSPS) is 36.8. The van der Waals surface area contributed by atoms with Crippen LogP contribution in [0.15, 0.2) is 30.3 Å². The third kappa shape index (κ3) is 2.23. The van der Waals surface area contributed by atoms with Crippen molar-refractivity contribution in [3.05, 3.63) is 35.9 Å². The van der Waals surface area contributed by atoms with Crippen LogP contribution in [-0.2, 0) is 9.47 Å². The van der Waals surface area contributed by atoms with Gasteiger partial charge in [0.1, 0.15) is 0 Å². The second-order valence-electron chi connectivity index (χ2n) is 5.03. The van der Waals surface area contributed by atoms with Crippen molar-refractivity contribution in [2.24, 2.45) is 11.8 Å². The molecule has 1 aromatic carbocycles. The summed E-state index contributed by atoms with van der Waals surface area (Å²) < 4.78 is 11.8. The fourth-order valence-corrected chi connectivity index (χ4v) is 2.88. The van der Waals surface area contributed by atoms with Crippen LogP contribution in [-0.4, -0.2) is 24.4 Å². The summed E-state index contributed by atoms with van der Waals surface area (Å²) in [6.45, 7) is 1.02. The van der Waals surface area contributed by atoms with Crippen molar-refractivity contribution in [3.63, 3.8) is 0 Å². The monoisotopic (exact) mass is 234 g/mol. The molecule has 3 heteroatoms. The molecule has 1 N–H and O–H groups in total. The molecule has 4 atom stereocenters. The number of rotatable bonds is 2. The highest BCUT2D eigenvalue weighted by atomic mass is 16.7. The largest absolute Gasteiger partial charge is 0.396 e. The van der Waals surface area contributed by atoms with E-state index in [4.69, 9.17) is 9.47 Å². The molecular weight excluding hydrogens is 216 g/mol. The lowest BCUT2D eigenvalue weighted by atomic mass is 10.0. The molecular formula is C14H18O3. The van der Waals surface area contributed by atoms with Gasteiger partial charge in [-0.25, -0.2) is 0 Å². The Labute approximate surface area is 101 Å². The smallest absolute Gasteiger partial charge is 0.184 e. The van der Waals surface area contributed by atoms with Crippen LogP contribution in [0.4, 0.5) is 0 Å². The molecule has 0 unspecified atom stereocenters. The molecule has 1 aliphatic heterocycles. The van der Waals surface area contributed by atoms with E-state index in [9.17, 15) is 5.11 Å². The fraction of sp³-hybridized carbons (Fsp3) is 0.571. The van der Waals surface area contributed by atoms with E-state index in [1.807, 2.05) is 30.3 Å². The van der Waals surface area contributed by atoms with E-state index in [-0.39, 0.29) is 19.0 Å². The fourth-order valence-electron chi connectivity index (χ4n) is 2.88. The zero-order chi connectivity index (χ0) is 11.7. The lowest BCUT2D eigenvalue weighted by Gasteiger charge is -2.32. The molecule has 3 rings (SSSR count). The zero-order valence-electron chi connectivity index (χ0n) is 9.79. The maximum Gasteiger partial charge on any atom is 0.184 e. The lowest BCUT2D eigenvalue weighted by molar-refractivity contribution is -0.233. The van der Waals surface area contributed by atoms with E-state index in [0.29, 0.717) is 11.8 Å². The highest BCUT2D eigenvalue weighted by Gasteiger charge is 2.40. The van der Waals surface area contributed by atoms with Crippen molar-refractivity contribution < 1.29 is 14.6 Å². The van der Waals surface area contributed by atoms with Gasteiger partial charge in [0.25, 0.3) is 0 Å². The number of ether oxygens (including phenoxy) is 2. The second kappa shape index (κ2) is 4.77. The molecule has 1 aromatic rings. The van der Waals surface area contributed by atoms with Gasteiger partial charge in [0.2, 0.25) is 0 Å². The van der Waals surface area contributed by atoms with Crippen molar-refractivity contribution in [1.82, 2.24) is 0 Å². The van der Waals surface area contributed by atoms with Crippen molar-refractivity contribution in [3.8, 4) is 0 Å². The third-order valence-electron chi connectivity index (χ3n) is 3.82. The number of aliphatic hydroxyl groups excluding tert-OH is 1.